The predicted octanol–water partition coefficient (Wildman–Crippen LogP) is 1.34. The van der Waals surface area contributed by atoms with Gasteiger partial charge >= 0.3 is 0 Å². The zero-order valence-electron chi connectivity index (χ0n) is 17.8. The zero-order chi connectivity index (χ0) is 21.6. The van der Waals surface area contributed by atoms with Crippen LogP contribution in [0.5, 0.6) is 0 Å². The molecule has 0 unspecified atom stereocenters. The molecule has 0 saturated carbocycles. The van der Waals surface area contributed by atoms with Crippen LogP contribution in [-0.2, 0) is 26.4 Å². The van der Waals surface area contributed by atoms with Crippen LogP contribution in [0.4, 0.5) is 11.8 Å². The number of nitrogens with zero attached hydrogens (tertiary/aromatic N) is 7. The minimum absolute atomic E-state index is 0.226. The van der Waals surface area contributed by atoms with E-state index in [2.05, 4.69) is 24.8 Å². The molecule has 162 valence electrons. The van der Waals surface area contributed by atoms with Gasteiger partial charge in [0, 0.05) is 39.0 Å². The van der Waals surface area contributed by atoms with Crippen LogP contribution < -0.4 is 10.2 Å². The fourth-order valence-electron chi connectivity index (χ4n) is 3.90. The van der Waals surface area contributed by atoms with Crippen molar-refractivity contribution in [2.24, 2.45) is 0 Å². The number of aromatic nitrogens is 6. The highest BCUT2D eigenvalue weighted by Crippen LogP contribution is 2.35. The van der Waals surface area contributed by atoms with Gasteiger partial charge in [0.25, 0.3) is 0 Å². The van der Waals surface area contributed by atoms with E-state index >= 15 is 0 Å². The molecule has 0 spiro atoms. The molecule has 3 aromatic heterocycles. The van der Waals surface area contributed by atoms with Crippen LogP contribution in [0.25, 0.3) is 22.6 Å². The lowest BCUT2D eigenvalue weighted by Gasteiger charge is -2.30. The number of imidazole rings is 1. The summed E-state index contributed by atoms with van der Waals surface area (Å²) in [4.78, 5) is 36.5. The largest absolute Gasteiger partial charge is 0.378 e. The van der Waals surface area contributed by atoms with Crippen molar-refractivity contribution in [1.82, 2.24) is 29.5 Å². The first-order valence-electron chi connectivity index (χ1n) is 10.3. The van der Waals surface area contributed by atoms with E-state index < -0.39 is 5.60 Å². The van der Waals surface area contributed by atoms with Crippen LogP contribution in [0.1, 0.15) is 26.6 Å². The van der Waals surface area contributed by atoms with Crippen LogP contribution in [-0.4, -0.2) is 68.3 Å². The van der Waals surface area contributed by atoms with E-state index in [1.807, 2.05) is 13.8 Å². The zero-order valence-corrected chi connectivity index (χ0v) is 17.8. The minimum atomic E-state index is -0.509. The van der Waals surface area contributed by atoms with E-state index in [1.54, 1.807) is 12.4 Å². The van der Waals surface area contributed by atoms with Crippen molar-refractivity contribution >= 4 is 28.8 Å². The van der Waals surface area contributed by atoms with Crippen molar-refractivity contribution in [2.45, 2.75) is 32.9 Å². The Bertz CT molecular complexity index is 1140. The molecule has 1 N–H and O–H groups in total. The molecule has 0 aromatic carbocycles. The smallest absolute Gasteiger partial charge is 0.229 e. The highest BCUT2D eigenvalue weighted by Gasteiger charge is 2.34. The summed E-state index contributed by atoms with van der Waals surface area (Å²) in [6.45, 7) is 9.43. The molecule has 5 heterocycles. The van der Waals surface area contributed by atoms with Crippen molar-refractivity contribution in [2.75, 3.05) is 43.1 Å². The molecule has 1 saturated heterocycles. The van der Waals surface area contributed by atoms with E-state index in [9.17, 15) is 4.79 Å². The molecular formula is C20H24N8O3. The molecular weight excluding hydrogens is 400 g/mol. The third-order valence-electron chi connectivity index (χ3n) is 5.40. The van der Waals surface area contributed by atoms with Crippen molar-refractivity contribution in [3.8, 4) is 11.4 Å². The lowest BCUT2D eigenvalue weighted by Crippen LogP contribution is -2.37. The number of hydrogen-bond donors (Lipinski definition) is 1. The number of anilines is 2. The molecule has 0 atom stereocenters. The van der Waals surface area contributed by atoms with Crippen LogP contribution >= 0.6 is 0 Å². The molecule has 2 aliphatic heterocycles. The Labute approximate surface area is 178 Å². The highest BCUT2D eigenvalue weighted by atomic mass is 16.5. The topological polar surface area (TPSA) is 120 Å². The molecule has 1 fully saturated rings. The average Bonchev–Trinajstić information content (AvgIpc) is 3.14. The van der Waals surface area contributed by atoms with Crippen LogP contribution in [0, 0.1) is 0 Å². The molecule has 2 aliphatic rings. The predicted molar refractivity (Wildman–Crippen MR) is 113 cm³/mol. The Morgan fingerprint density at radius 2 is 1.81 bits per heavy atom. The van der Waals surface area contributed by atoms with Crippen molar-refractivity contribution in [1.29, 1.82) is 0 Å². The van der Waals surface area contributed by atoms with Gasteiger partial charge in [0.2, 0.25) is 11.9 Å². The van der Waals surface area contributed by atoms with Gasteiger partial charge in [-0.3, -0.25) is 10.1 Å². The molecule has 3 aromatic rings. The molecule has 31 heavy (non-hydrogen) atoms. The van der Waals surface area contributed by atoms with E-state index in [4.69, 9.17) is 24.4 Å². The van der Waals surface area contributed by atoms with Gasteiger partial charge in [-0.25, -0.2) is 24.9 Å². The first-order valence-corrected chi connectivity index (χ1v) is 10.3. The number of nitrogens with one attached hydrogen (secondary N) is 1. The monoisotopic (exact) mass is 424 g/mol. The summed E-state index contributed by atoms with van der Waals surface area (Å²) in [5, 5.41) is 2.57. The van der Waals surface area contributed by atoms with Gasteiger partial charge in [0.1, 0.15) is 11.4 Å². The van der Waals surface area contributed by atoms with Gasteiger partial charge < -0.3 is 18.9 Å². The Hall–Kier alpha value is -3.18. The summed E-state index contributed by atoms with van der Waals surface area (Å²) >= 11 is 0. The molecule has 5 rings (SSSR count). The summed E-state index contributed by atoms with van der Waals surface area (Å²) in [6.07, 6.45) is 3.23. The number of hydrogen-bond acceptors (Lipinski definition) is 9. The number of carbonyl (C=O) groups excluding carboxylic acids is 1. The second kappa shape index (κ2) is 7.50. The number of carbonyl (C=O) groups is 1. The Kier molecular flexibility index (Phi) is 4.78. The van der Waals surface area contributed by atoms with Gasteiger partial charge in [-0.2, -0.15) is 0 Å². The standard InChI is InChI=1S/C20H24N8O3/c1-12(29)23-19-21-10-13(11-22-19)15-25-16(27-4-7-30-8-5-27)14-17(26-15)28-6-9-31-20(2,3)18(28)24-14/h10-11H,4-9H2,1-3H3,(H,21,22,23,29). The number of morpholine rings is 1. The highest BCUT2D eigenvalue weighted by molar-refractivity contribution is 5.87. The average molecular weight is 424 g/mol. The van der Waals surface area contributed by atoms with Crippen LogP contribution in [0.3, 0.4) is 0 Å². The van der Waals surface area contributed by atoms with Crippen molar-refractivity contribution in [3.63, 3.8) is 0 Å². The molecule has 11 nitrogen and oxygen atoms in total. The van der Waals surface area contributed by atoms with E-state index in [-0.39, 0.29) is 11.9 Å². The summed E-state index contributed by atoms with van der Waals surface area (Å²) in [5.74, 6) is 2.14. The minimum Gasteiger partial charge on any atom is -0.378 e. The first-order chi connectivity index (χ1) is 14.9. The fraction of sp³-hybridized carbons (Fsp3) is 0.500. The third kappa shape index (κ3) is 3.59. The van der Waals surface area contributed by atoms with Gasteiger partial charge in [0.15, 0.2) is 22.8 Å². The second-order valence-electron chi connectivity index (χ2n) is 8.06. The number of rotatable bonds is 3. The lowest BCUT2D eigenvalue weighted by molar-refractivity contribution is -0.114. The fourth-order valence-corrected chi connectivity index (χ4v) is 3.90. The quantitative estimate of drug-likeness (QED) is 0.664. The summed E-state index contributed by atoms with van der Waals surface area (Å²) in [5.41, 5.74) is 1.68. The summed E-state index contributed by atoms with van der Waals surface area (Å²) in [6, 6.07) is 0. The Balaban J connectivity index is 1.66. The molecule has 11 heteroatoms. The van der Waals surface area contributed by atoms with E-state index in [0.717, 1.165) is 35.9 Å². The summed E-state index contributed by atoms with van der Waals surface area (Å²) in [7, 11) is 0. The maximum absolute atomic E-state index is 11.2. The second-order valence-corrected chi connectivity index (χ2v) is 8.06. The maximum atomic E-state index is 11.2. The summed E-state index contributed by atoms with van der Waals surface area (Å²) < 4.78 is 13.6. The molecule has 1 amide bonds. The van der Waals surface area contributed by atoms with Crippen molar-refractivity contribution < 1.29 is 14.3 Å². The first kappa shape index (κ1) is 19.8. The third-order valence-corrected chi connectivity index (χ3v) is 5.40. The van der Waals surface area contributed by atoms with Gasteiger partial charge in [-0.1, -0.05) is 0 Å². The SMILES string of the molecule is CC(=O)Nc1ncc(-c2nc(N3CCOCC3)c3nc4n(c3n2)CCOC4(C)C)cn1. The number of amides is 1. The number of fused-ring (bicyclic) bond motifs is 3. The maximum Gasteiger partial charge on any atom is 0.229 e. The lowest BCUT2D eigenvalue weighted by atomic mass is 10.1. The molecule has 0 radical (unpaired) electrons. The normalized spacial score (nSPS) is 18.1. The van der Waals surface area contributed by atoms with E-state index in [1.165, 1.54) is 6.92 Å². The van der Waals surface area contributed by atoms with Crippen molar-refractivity contribution in [3.05, 3.63) is 18.2 Å². The number of ether oxygens (including phenoxy) is 2. The van der Waals surface area contributed by atoms with Gasteiger partial charge in [-0.05, 0) is 13.8 Å². The van der Waals surface area contributed by atoms with Gasteiger partial charge in [-0.15, -0.1) is 0 Å². The van der Waals surface area contributed by atoms with Crippen LogP contribution in [0.15, 0.2) is 12.4 Å². The Morgan fingerprint density at radius 3 is 2.52 bits per heavy atom. The Morgan fingerprint density at radius 1 is 1.06 bits per heavy atom. The van der Waals surface area contributed by atoms with E-state index in [0.29, 0.717) is 37.8 Å². The van der Waals surface area contributed by atoms with Gasteiger partial charge in [0.05, 0.1) is 25.4 Å². The molecule has 0 bridgehead atoms. The van der Waals surface area contributed by atoms with Crippen LogP contribution in [0.2, 0.25) is 0 Å². The molecule has 0 aliphatic carbocycles.